The maximum absolute atomic E-state index is 9.40. The Bertz CT molecular complexity index is 406. The molecule has 6 nitrogen and oxygen atoms in total. The summed E-state index contributed by atoms with van der Waals surface area (Å²) >= 11 is 0. The average Bonchev–Trinajstić information content (AvgIpc) is 3.01. The van der Waals surface area contributed by atoms with Crippen LogP contribution in [0.5, 0.6) is 0 Å². The third-order valence-electron chi connectivity index (χ3n) is 4.43. The molecule has 4 atom stereocenters. The fourth-order valence-electron chi connectivity index (χ4n) is 3.68. The van der Waals surface area contributed by atoms with E-state index in [4.69, 9.17) is 0 Å². The van der Waals surface area contributed by atoms with Gasteiger partial charge in [0.25, 0.3) is 0 Å². The molecule has 0 saturated carbocycles. The zero-order valence-electron chi connectivity index (χ0n) is 10.3. The maximum Gasteiger partial charge on any atom is 0.167 e. The van der Waals surface area contributed by atoms with Crippen molar-refractivity contribution in [2.75, 3.05) is 6.61 Å². The second kappa shape index (κ2) is 4.03. The Morgan fingerprint density at radius 3 is 2.88 bits per heavy atom. The fourth-order valence-corrected chi connectivity index (χ4v) is 3.68. The molecule has 0 amide bonds. The standard InChI is InChI=1S/C11H19N5O/c1-7(11-12-13-14-15(11)2)16-9-3-4-10(16)8(5-9)6-17/h7-10,17H,3-6H2,1-2H3. The molecule has 3 rings (SSSR count). The van der Waals surface area contributed by atoms with Crippen molar-refractivity contribution in [2.24, 2.45) is 13.0 Å². The van der Waals surface area contributed by atoms with Crippen LogP contribution in [0.15, 0.2) is 0 Å². The molecule has 2 aliphatic rings. The molecule has 94 valence electrons. The number of tetrazole rings is 1. The lowest BCUT2D eigenvalue weighted by atomic mass is 9.90. The molecule has 17 heavy (non-hydrogen) atoms. The van der Waals surface area contributed by atoms with Crippen LogP contribution in [0, 0.1) is 5.92 Å². The summed E-state index contributed by atoms with van der Waals surface area (Å²) in [5.41, 5.74) is 0. The largest absolute Gasteiger partial charge is 0.396 e. The monoisotopic (exact) mass is 237 g/mol. The first kappa shape index (κ1) is 11.1. The lowest BCUT2D eigenvalue weighted by Gasteiger charge is -2.28. The predicted octanol–water partition coefficient (Wildman–Crippen LogP) is 0.116. The van der Waals surface area contributed by atoms with Crippen molar-refractivity contribution in [1.29, 1.82) is 0 Å². The van der Waals surface area contributed by atoms with Crippen molar-refractivity contribution >= 4 is 0 Å². The zero-order chi connectivity index (χ0) is 12.0. The van der Waals surface area contributed by atoms with Gasteiger partial charge in [-0.1, -0.05) is 0 Å². The fraction of sp³-hybridized carbons (Fsp3) is 0.909. The third-order valence-corrected chi connectivity index (χ3v) is 4.43. The molecule has 6 heteroatoms. The molecule has 2 bridgehead atoms. The summed E-state index contributed by atoms with van der Waals surface area (Å²) in [6, 6.07) is 1.35. The summed E-state index contributed by atoms with van der Waals surface area (Å²) in [5, 5.41) is 21.1. The van der Waals surface area contributed by atoms with E-state index in [0.717, 1.165) is 12.2 Å². The van der Waals surface area contributed by atoms with E-state index < -0.39 is 0 Å². The Balaban J connectivity index is 1.84. The number of aryl methyl sites for hydroxylation is 1. The van der Waals surface area contributed by atoms with Crippen molar-refractivity contribution in [3.8, 4) is 0 Å². The molecule has 1 N–H and O–H groups in total. The minimum Gasteiger partial charge on any atom is -0.396 e. The van der Waals surface area contributed by atoms with Gasteiger partial charge in [0.05, 0.1) is 6.04 Å². The highest BCUT2D eigenvalue weighted by Gasteiger charge is 2.48. The Labute approximate surface area is 101 Å². The molecule has 2 aliphatic heterocycles. The molecular weight excluding hydrogens is 218 g/mol. The molecule has 0 aliphatic carbocycles. The van der Waals surface area contributed by atoms with Crippen LogP contribution >= 0.6 is 0 Å². The van der Waals surface area contributed by atoms with E-state index in [1.54, 1.807) is 4.68 Å². The van der Waals surface area contributed by atoms with Gasteiger partial charge in [0, 0.05) is 25.7 Å². The van der Waals surface area contributed by atoms with Gasteiger partial charge in [-0.2, -0.15) is 0 Å². The number of hydrogen-bond acceptors (Lipinski definition) is 5. The van der Waals surface area contributed by atoms with Crippen LogP contribution in [0.4, 0.5) is 0 Å². The minimum atomic E-state index is 0.240. The van der Waals surface area contributed by atoms with Gasteiger partial charge >= 0.3 is 0 Å². The van der Waals surface area contributed by atoms with Crippen LogP contribution in [0.3, 0.4) is 0 Å². The van der Waals surface area contributed by atoms with Gasteiger partial charge in [-0.3, -0.25) is 4.90 Å². The zero-order valence-corrected chi connectivity index (χ0v) is 10.3. The highest BCUT2D eigenvalue weighted by atomic mass is 16.3. The number of rotatable bonds is 3. The van der Waals surface area contributed by atoms with E-state index in [1.807, 2.05) is 7.05 Å². The van der Waals surface area contributed by atoms with Gasteiger partial charge in [0.2, 0.25) is 0 Å². The molecule has 2 fully saturated rings. The normalized spacial score (nSPS) is 34.4. The van der Waals surface area contributed by atoms with E-state index in [9.17, 15) is 5.11 Å². The summed E-state index contributed by atoms with van der Waals surface area (Å²) in [6.45, 7) is 2.47. The predicted molar refractivity (Wildman–Crippen MR) is 61.1 cm³/mol. The highest BCUT2D eigenvalue weighted by Crippen LogP contribution is 2.45. The molecule has 0 spiro atoms. The molecule has 1 aromatic rings. The van der Waals surface area contributed by atoms with Crippen molar-refractivity contribution in [1.82, 2.24) is 25.1 Å². The molecule has 2 saturated heterocycles. The molecular formula is C11H19N5O. The van der Waals surface area contributed by atoms with Crippen molar-refractivity contribution in [3.63, 3.8) is 0 Å². The topological polar surface area (TPSA) is 67.1 Å². The third kappa shape index (κ3) is 1.58. The van der Waals surface area contributed by atoms with Gasteiger partial charge in [-0.25, -0.2) is 4.68 Å². The summed E-state index contributed by atoms with van der Waals surface area (Å²) in [7, 11) is 1.88. The molecule has 3 heterocycles. The molecule has 4 unspecified atom stereocenters. The van der Waals surface area contributed by atoms with E-state index in [2.05, 4.69) is 27.3 Å². The smallest absolute Gasteiger partial charge is 0.167 e. The summed E-state index contributed by atoms with van der Waals surface area (Å²) in [6.07, 6.45) is 3.57. The number of hydrogen-bond donors (Lipinski definition) is 1. The van der Waals surface area contributed by atoms with Crippen LogP contribution in [-0.2, 0) is 7.05 Å². The first-order chi connectivity index (χ1) is 8.22. The maximum atomic E-state index is 9.40. The van der Waals surface area contributed by atoms with Crippen molar-refractivity contribution < 1.29 is 5.11 Å². The van der Waals surface area contributed by atoms with Gasteiger partial charge in [0.15, 0.2) is 5.82 Å². The lowest BCUT2D eigenvalue weighted by Crippen LogP contribution is -2.35. The summed E-state index contributed by atoms with van der Waals surface area (Å²) in [5.74, 6) is 1.36. The van der Waals surface area contributed by atoms with Gasteiger partial charge in [0.1, 0.15) is 0 Å². The SMILES string of the molecule is CC(c1nnnn1C)N1C2CCC1C(CO)C2. The second-order valence-electron chi connectivity index (χ2n) is 5.26. The van der Waals surface area contributed by atoms with Crippen molar-refractivity contribution in [2.45, 2.75) is 44.3 Å². The number of nitrogens with zero attached hydrogens (tertiary/aromatic N) is 5. The van der Waals surface area contributed by atoms with Crippen LogP contribution in [0.1, 0.15) is 38.1 Å². The number of aliphatic hydroxyl groups excluding tert-OH is 1. The van der Waals surface area contributed by atoms with Crippen molar-refractivity contribution in [3.05, 3.63) is 5.82 Å². The van der Waals surface area contributed by atoms with Crippen LogP contribution in [0.2, 0.25) is 0 Å². The second-order valence-corrected chi connectivity index (χ2v) is 5.26. The van der Waals surface area contributed by atoms with Gasteiger partial charge in [-0.05, 0) is 42.5 Å². The van der Waals surface area contributed by atoms with Gasteiger partial charge < -0.3 is 5.11 Å². The first-order valence-corrected chi connectivity index (χ1v) is 6.33. The highest BCUT2D eigenvalue weighted by molar-refractivity contribution is 5.05. The molecule has 0 aromatic carbocycles. The Morgan fingerprint density at radius 2 is 2.29 bits per heavy atom. The van der Waals surface area contributed by atoms with Crippen LogP contribution in [-0.4, -0.2) is 48.9 Å². The number of aromatic nitrogens is 4. The van der Waals surface area contributed by atoms with Gasteiger partial charge in [-0.15, -0.1) is 5.10 Å². The lowest BCUT2D eigenvalue weighted by molar-refractivity contribution is 0.142. The van der Waals surface area contributed by atoms with E-state index in [1.165, 1.54) is 12.8 Å². The Kier molecular flexibility index (Phi) is 2.63. The van der Waals surface area contributed by atoms with E-state index in [0.29, 0.717) is 24.6 Å². The van der Waals surface area contributed by atoms with Crippen LogP contribution < -0.4 is 0 Å². The molecule has 1 aromatic heterocycles. The summed E-state index contributed by atoms with van der Waals surface area (Å²) in [4.78, 5) is 2.51. The Morgan fingerprint density at radius 1 is 1.47 bits per heavy atom. The average molecular weight is 237 g/mol. The van der Waals surface area contributed by atoms with E-state index >= 15 is 0 Å². The van der Waals surface area contributed by atoms with Crippen LogP contribution in [0.25, 0.3) is 0 Å². The number of fused-ring (bicyclic) bond motifs is 2. The quantitative estimate of drug-likeness (QED) is 0.808. The minimum absolute atomic E-state index is 0.240. The molecule has 0 radical (unpaired) electrons. The first-order valence-electron chi connectivity index (χ1n) is 6.33. The number of aliphatic hydroxyl groups is 1. The Hall–Kier alpha value is -1.01. The summed E-state index contributed by atoms with van der Waals surface area (Å²) < 4.78 is 1.75. The van der Waals surface area contributed by atoms with E-state index in [-0.39, 0.29) is 6.04 Å².